The third-order valence-corrected chi connectivity index (χ3v) is 6.10. The summed E-state index contributed by atoms with van der Waals surface area (Å²) in [4.78, 5) is 32.1. The topological polar surface area (TPSA) is 82.4 Å². The third-order valence-electron chi connectivity index (χ3n) is 5.28. The van der Waals surface area contributed by atoms with E-state index in [9.17, 15) is 9.59 Å². The predicted octanol–water partition coefficient (Wildman–Crippen LogP) is 2.50. The lowest BCUT2D eigenvalue weighted by atomic mass is 10.1. The molecule has 2 aliphatic heterocycles. The van der Waals surface area contributed by atoms with Gasteiger partial charge in [0.15, 0.2) is 0 Å². The van der Waals surface area contributed by atoms with Gasteiger partial charge in [-0.25, -0.2) is 0 Å². The summed E-state index contributed by atoms with van der Waals surface area (Å²) in [5, 5.41) is 1.60. The highest BCUT2D eigenvalue weighted by atomic mass is 35.5. The van der Waals surface area contributed by atoms with Crippen molar-refractivity contribution in [3.8, 4) is 0 Å². The van der Waals surface area contributed by atoms with Crippen molar-refractivity contribution < 1.29 is 9.59 Å². The van der Waals surface area contributed by atoms with E-state index in [1.807, 2.05) is 4.90 Å². The van der Waals surface area contributed by atoms with Crippen LogP contribution in [0.3, 0.4) is 0 Å². The van der Waals surface area contributed by atoms with Crippen LogP contribution in [0.25, 0.3) is 10.9 Å². The van der Waals surface area contributed by atoms with Crippen molar-refractivity contribution in [3.05, 3.63) is 33.9 Å². The molecular formula is C18H20Cl2N4O2. The number of likely N-dealkylation sites (tertiary alicyclic amines) is 2. The molecule has 2 fully saturated rings. The number of aromatic amines is 1. The monoisotopic (exact) mass is 394 g/mol. The summed E-state index contributed by atoms with van der Waals surface area (Å²) >= 11 is 12.3. The molecule has 3 N–H and O–H groups in total. The number of carbonyl (C=O) groups is 2. The highest BCUT2D eigenvalue weighted by molar-refractivity contribution is 6.45. The highest BCUT2D eigenvalue weighted by Gasteiger charge is 2.36. The summed E-state index contributed by atoms with van der Waals surface area (Å²) in [6.07, 6.45) is 1.53. The number of amides is 2. The van der Waals surface area contributed by atoms with Gasteiger partial charge in [0.2, 0.25) is 5.91 Å². The maximum absolute atomic E-state index is 12.8. The average molecular weight is 395 g/mol. The normalized spacial score (nSPS) is 23.2. The Kier molecular flexibility index (Phi) is 4.59. The van der Waals surface area contributed by atoms with Gasteiger partial charge in [0, 0.05) is 43.1 Å². The Hall–Kier alpha value is -1.76. The van der Waals surface area contributed by atoms with Gasteiger partial charge in [-0.05, 0) is 31.0 Å². The number of benzene rings is 1. The molecule has 0 saturated carbocycles. The molecule has 1 aromatic carbocycles. The summed E-state index contributed by atoms with van der Waals surface area (Å²) in [6.45, 7) is 2.34. The van der Waals surface area contributed by atoms with Crippen molar-refractivity contribution in [1.29, 1.82) is 0 Å². The fourth-order valence-corrected chi connectivity index (χ4v) is 4.20. The van der Waals surface area contributed by atoms with E-state index in [-0.39, 0.29) is 23.8 Å². The van der Waals surface area contributed by atoms with Crippen LogP contribution in [0.5, 0.6) is 0 Å². The van der Waals surface area contributed by atoms with E-state index in [0.717, 1.165) is 17.3 Å². The fraction of sp³-hybridized carbons (Fsp3) is 0.444. The number of hydrogen-bond acceptors (Lipinski definition) is 3. The zero-order chi connectivity index (χ0) is 18.4. The maximum atomic E-state index is 12.8. The molecule has 138 valence electrons. The molecule has 0 bridgehead atoms. The maximum Gasteiger partial charge on any atom is 0.270 e. The van der Waals surface area contributed by atoms with Crippen molar-refractivity contribution in [2.24, 2.45) is 11.7 Å². The summed E-state index contributed by atoms with van der Waals surface area (Å²) in [7, 11) is 0. The quantitative estimate of drug-likeness (QED) is 0.820. The fourth-order valence-electron chi connectivity index (χ4n) is 3.82. The number of H-pyrrole nitrogens is 1. The average Bonchev–Trinajstić information content (AvgIpc) is 3.36. The Morgan fingerprint density at radius 2 is 1.88 bits per heavy atom. The largest absolute Gasteiger partial charge is 0.350 e. The van der Waals surface area contributed by atoms with Crippen LogP contribution >= 0.6 is 23.2 Å². The second-order valence-corrected chi connectivity index (χ2v) is 7.86. The van der Waals surface area contributed by atoms with E-state index in [4.69, 9.17) is 28.9 Å². The Labute approximate surface area is 161 Å². The first-order chi connectivity index (χ1) is 12.4. The van der Waals surface area contributed by atoms with Crippen LogP contribution in [-0.2, 0) is 4.79 Å². The van der Waals surface area contributed by atoms with Gasteiger partial charge < -0.3 is 20.5 Å². The molecule has 8 heteroatoms. The van der Waals surface area contributed by atoms with Crippen molar-refractivity contribution in [2.45, 2.75) is 18.9 Å². The Bertz CT molecular complexity index is 881. The first-order valence-electron chi connectivity index (χ1n) is 8.74. The third kappa shape index (κ3) is 3.06. The number of fused-ring (bicyclic) bond motifs is 1. The lowest BCUT2D eigenvalue weighted by Crippen LogP contribution is -2.38. The van der Waals surface area contributed by atoms with Gasteiger partial charge in [0.1, 0.15) is 5.69 Å². The van der Waals surface area contributed by atoms with E-state index in [1.54, 1.807) is 23.1 Å². The zero-order valence-electron chi connectivity index (χ0n) is 14.2. The number of nitrogens with two attached hydrogens (primary N) is 1. The molecule has 2 aromatic rings. The Morgan fingerprint density at radius 3 is 2.62 bits per heavy atom. The van der Waals surface area contributed by atoms with Crippen LogP contribution in [-0.4, -0.2) is 58.8 Å². The molecule has 26 heavy (non-hydrogen) atoms. The second-order valence-electron chi connectivity index (χ2n) is 7.08. The minimum atomic E-state index is -0.147. The van der Waals surface area contributed by atoms with Gasteiger partial charge >= 0.3 is 0 Å². The number of hydrogen-bond donors (Lipinski definition) is 2. The second kappa shape index (κ2) is 6.76. The Morgan fingerprint density at radius 1 is 1.12 bits per heavy atom. The smallest absolute Gasteiger partial charge is 0.270 e. The van der Waals surface area contributed by atoms with Gasteiger partial charge in [-0.3, -0.25) is 9.59 Å². The number of aromatic nitrogens is 1. The minimum Gasteiger partial charge on any atom is -0.350 e. The van der Waals surface area contributed by atoms with Crippen molar-refractivity contribution in [2.75, 3.05) is 26.2 Å². The van der Waals surface area contributed by atoms with Gasteiger partial charge in [0.05, 0.1) is 16.0 Å². The molecule has 2 saturated heterocycles. The molecule has 0 radical (unpaired) electrons. The lowest BCUT2D eigenvalue weighted by Gasteiger charge is -2.20. The first-order valence-corrected chi connectivity index (χ1v) is 9.50. The molecule has 0 unspecified atom stereocenters. The van der Waals surface area contributed by atoms with E-state index in [2.05, 4.69) is 4.98 Å². The SMILES string of the molecule is N[C@H]1CCN(C(=O)[C@H]2CCN(C(=O)c3cc4c(Cl)c(Cl)ccc4[nH]3)C2)C1. The first kappa shape index (κ1) is 17.6. The van der Waals surface area contributed by atoms with Crippen LogP contribution in [0.2, 0.25) is 10.0 Å². The standard InChI is InChI=1S/C18H20Cl2N4O2/c19-13-1-2-14-12(16(13)20)7-15(22-14)18(26)23-5-3-10(8-23)17(25)24-6-4-11(21)9-24/h1-2,7,10-11,22H,3-6,8-9,21H2/t10-,11-/m0/s1. The molecule has 0 spiro atoms. The number of carbonyl (C=O) groups excluding carboxylic acids is 2. The van der Waals surface area contributed by atoms with Gasteiger partial charge in [-0.2, -0.15) is 0 Å². The molecular weight excluding hydrogens is 375 g/mol. The summed E-state index contributed by atoms with van der Waals surface area (Å²) in [5.74, 6) is -0.159. The molecule has 3 heterocycles. The summed E-state index contributed by atoms with van der Waals surface area (Å²) in [6, 6.07) is 5.29. The van der Waals surface area contributed by atoms with Crippen LogP contribution in [0.1, 0.15) is 23.3 Å². The van der Waals surface area contributed by atoms with Crippen molar-refractivity contribution in [1.82, 2.24) is 14.8 Å². The summed E-state index contributed by atoms with van der Waals surface area (Å²) in [5.41, 5.74) is 7.11. The molecule has 1 aromatic heterocycles. The van der Waals surface area contributed by atoms with E-state index >= 15 is 0 Å². The zero-order valence-corrected chi connectivity index (χ0v) is 15.7. The van der Waals surface area contributed by atoms with Crippen LogP contribution in [0.4, 0.5) is 0 Å². The van der Waals surface area contributed by atoms with Crippen LogP contribution in [0.15, 0.2) is 18.2 Å². The van der Waals surface area contributed by atoms with Crippen LogP contribution < -0.4 is 5.73 Å². The van der Waals surface area contributed by atoms with Crippen molar-refractivity contribution >= 4 is 45.9 Å². The molecule has 2 aliphatic rings. The Balaban J connectivity index is 1.48. The van der Waals surface area contributed by atoms with Gasteiger partial charge in [-0.1, -0.05) is 23.2 Å². The number of rotatable bonds is 2. The van der Waals surface area contributed by atoms with E-state index in [0.29, 0.717) is 48.3 Å². The minimum absolute atomic E-state index is 0.0704. The molecule has 2 amide bonds. The predicted molar refractivity (Wildman–Crippen MR) is 102 cm³/mol. The van der Waals surface area contributed by atoms with Crippen LogP contribution in [0, 0.1) is 5.92 Å². The number of nitrogens with one attached hydrogen (secondary N) is 1. The number of nitrogens with zero attached hydrogens (tertiary/aromatic N) is 2. The van der Waals surface area contributed by atoms with E-state index < -0.39 is 0 Å². The van der Waals surface area contributed by atoms with Gasteiger partial charge in [-0.15, -0.1) is 0 Å². The van der Waals surface area contributed by atoms with Crippen molar-refractivity contribution in [3.63, 3.8) is 0 Å². The summed E-state index contributed by atoms with van der Waals surface area (Å²) < 4.78 is 0. The van der Waals surface area contributed by atoms with E-state index in [1.165, 1.54) is 0 Å². The lowest BCUT2D eigenvalue weighted by molar-refractivity contribution is -0.134. The molecule has 0 aliphatic carbocycles. The highest BCUT2D eigenvalue weighted by Crippen LogP contribution is 2.32. The molecule has 6 nitrogen and oxygen atoms in total. The molecule has 2 atom stereocenters. The molecule has 4 rings (SSSR count). The van der Waals surface area contributed by atoms with Gasteiger partial charge in [0.25, 0.3) is 5.91 Å². The number of halogens is 2.